The summed E-state index contributed by atoms with van der Waals surface area (Å²) in [6, 6.07) is 3.20. The van der Waals surface area contributed by atoms with Gasteiger partial charge in [0.15, 0.2) is 17.9 Å². The SMILES string of the molecule is CC(=O)[C@]1(O)Cc2c(O)c3c(c(O)c2[C@H](O[C@H]2C[C@@H](N)[C@H](O)[C@@H](C)O2)C1)C(=O)c1c(O)cccc1C3=O. The van der Waals surface area contributed by atoms with Crippen molar-refractivity contribution in [3.05, 3.63) is 51.6 Å². The molecule has 37 heavy (non-hydrogen) atoms. The molecule has 1 saturated heterocycles. The monoisotopic (exact) mass is 513 g/mol. The number of carbonyl (C=O) groups is 3. The normalized spacial score (nSPS) is 30.9. The second-order valence-corrected chi connectivity index (χ2v) is 9.95. The van der Waals surface area contributed by atoms with Crippen LogP contribution in [0.2, 0.25) is 0 Å². The molecular weight excluding hydrogens is 486 g/mol. The lowest BCUT2D eigenvalue weighted by Crippen LogP contribution is -2.52. The van der Waals surface area contributed by atoms with Crippen LogP contribution in [-0.4, -0.2) is 73.0 Å². The molecule has 1 aliphatic heterocycles. The van der Waals surface area contributed by atoms with E-state index in [0.29, 0.717) is 0 Å². The molecule has 11 heteroatoms. The maximum Gasteiger partial charge on any atom is 0.202 e. The summed E-state index contributed by atoms with van der Waals surface area (Å²) < 4.78 is 11.7. The summed E-state index contributed by atoms with van der Waals surface area (Å²) in [4.78, 5) is 39.1. The van der Waals surface area contributed by atoms with Gasteiger partial charge in [-0.25, -0.2) is 0 Å². The molecule has 7 N–H and O–H groups in total. The molecular formula is C26H27NO10. The highest BCUT2D eigenvalue weighted by Gasteiger charge is 2.49. The van der Waals surface area contributed by atoms with Crippen molar-refractivity contribution in [3.8, 4) is 17.2 Å². The topological polar surface area (TPSA) is 197 Å². The van der Waals surface area contributed by atoms with Gasteiger partial charge >= 0.3 is 0 Å². The summed E-state index contributed by atoms with van der Waals surface area (Å²) in [7, 11) is 0. The lowest BCUT2D eigenvalue weighted by Gasteiger charge is -2.42. The number of hydrogen-bond acceptors (Lipinski definition) is 11. The quantitative estimate of drug-likeness (QED) is 0.270. The Labute approximate surface area is 211 Å². The van der Waals surface area contributed by atoms with Crippen molar-refractivity contribution in [1.29, 1.82) is 0 Å². The highest BCUT2D eigenvalue weighted by atomic mass is 16.7. The zero-order valence-corrected chi connectivity index (χ0v) is 20.1. The highest BCUT2D eigenvalue weighted by Crippen LogP contribution is 2.52. The van der Waals surface area contributed by atoms with Gasteiger partial charge < -0.3 is 40.7 Å². The number of phenolic OH excluding ortho intramolecular Hbond substituents is 3. The minimum absolute atomic E-state index is 0.0478. The molecule has 196 valence electrons. The maximum atomic E-state index is 13.4. The number of phenols is 3. The number of nitrogens with two attached hydrogens (primary N) is 1. The first-order valence-corrected chi connectivity index (χ1v) is 11.9. The van der Waals surface area contributed by atoms with E-state index < -0.39 is 88.4 Å². The fraction of sp³-hybridized carbons (Fsp3) is 0.423. The minimum Gasteiger partial charge on any atom is -0.507 e. The van der Waals surface area contributed by atoms with Crippen LogP contribution >= 0.6 is 0 Å². The van der Waals surface area contributed by atoms with Crippen molar-refractivity contribution in [2.45, 2.75) is 69.4 Å². The standard InChI is InChI=1S/C26H27NO10/c1-9-21(30)13(27)6-16(36-9)37-15-8-26(35,10(2)28)7-12-18(15)25(34)20-19(23(12)32)22(31)11-4-3-5-14(29)17(11)24(20)33/h3-5,9,13,15-16,21,29-30,32,34-35H,6-8,27H2,1-2H3/t9-,13-,15-,16+,21-,26+/m1/s1. The van der Waals surface area contributed by atoms with E-state index in [1.54, 1.807) is 6.92 Å². The number of aliphatic hydroxyl groups excluding tert-OH is 1. The molecule has 0 saturated carbocycles. The van der Waals surface area contributed by atoms with E-state index in [4.69, 9.17) is 15.2 Å². The largest absolute Gasteiger partial charge is 0.507 e. The first kappa shape index (κ1) is 25.3. The van der Waals surface area contributed by atoms with E-state index in [-0.39, 0.29) is 35.1 Å². The van der Waals surface area contributed by atoms with Gasteiger partial charge in [-0.05, 0) is 19.9 Å². The molecule has 5 rings (SSSR count). The van der Waals surface area contributed by atoms with Crippen LogP contribution in [0, 0.1) is 0 Å². The first-order chi connectivity index (χ1) is 17.4. The Morgan fingerprint density at radius 1 is 1.11 bits per heavy atom. The average molecular weight is 513 g/mol. The third-order valence-corrected chi connectivity index (χ3v) is 7.59. The number of aliphatic hydroxyl groups is 2. The van der Waals surface area contributed by atoms with Crippen molar-refractivity contribution in [3.63, 3.8) is 0 Å². The number of fused-ring (bicyclic) bond motifs is 3. The van der Waals surface area contributed by atoms with Gasteiger partial charge in [-0.15, -0.1) is 0 Å². The van der Waals surface area contributed by atoms with Crippen LogP contribution < -0.4 is 5.73 Å². The number of carbonyl (C=O) groups excluding carboxylic acids is 3. The van der Waals surface area contributed by atoms with E-state index in [1.165, 1.54) is 18.2 Å². The fourth-order valence-electron chi connectivity index (χ4n) is 5.50. The molecule has 11 nitrogen and oxygen atoms in total. The smallest absolute Gasteiger partial charge is 0.202 e. The molecule has 6 atom stereocenters. The van der Waals surface area contributed by atoms with Crippen LogP contribution in [0.15, 0.2) is 18.2 Å². The van der Waals surface area contributed by atoms with Crippen molar-refractivity contribution in [2.75, 3.05) is 0 Å². The van der Waals surface area contributed by atoms with Crippen LogP contribution in [-0.2, 0) is 20.7 Å². The second kappa shape index (κ2) is 8.61. The van der Waals surface area contributed by atoms with E-state index >= 15 is 0 Å². The Bertz CT molecular complexity index is 1340. The summed E-state index contributed by atoms with van der Waals surface area (Å²) in [5.74, 6) is -4.13. The molecule has 0 radical (unpaired) electrons. The van der Waals surface area contributed by atoms with Gasteiger partial charge in [0.1, 0.15) is 22.8 Å². The van der Waals surface area contributed by atoms with Gasteiger partial charge in [0.25, 0.3) is 0 Å². The molecule has 2 aromatic carbocycles. The van der Waals surface area contributed by atoms with Gasteiger partial charge in [0.05, 0.1) is 35.0 Å². The predicted molar refractivity (Wildman–Crippen MR) is 125 cm³/mol. The summed E-state index contributed by atoms with van der Waals surface area (Å²) in [5.41, 5.74) is 2.29. The molecule has 1 heterocycles. The summed E-state index contributed by atoms with van der Waals surface area (Å²) in [6.45, 7) is 2.76. The number of hydrogen-bond donors (Lipinski definition) is 6. The van der Waals surface area contributed by atoms with Crippen LogP contribution in [0.5, 0.6) is 17.2 Å². The molecule has 0 spiro atoms. The van der Waals surface area contributed by atoms with E-state index in [1.807, 2.05) is 0 Å². The summed E-state index contributed by atoms with van der Waals surface area (Å²) >= 11 is 0. The third-order valence-electron chi connectivity index (χ3n) is 7.59. The van der Waals surface area contributed by atoms with Crippen LogP contribution in [0.3, 0.4) is 0 Å². The molecule has 0 aromatic heterocycles. The summed E-state index contributed by atoms with van der Waals surface area (Å²) in [6.07, 6.45) is -4.68. The average Bonchev–Trinajstić information content (AvgIpc) is 2.82. The van der Waals surface area contributed by atoms with Gasteiger partial charge in [0, 0.05) is 42.0 Å². The number of ketones is 3. The molecule has 2 aliphatic carbocycles. The second-order valence-electron chi connectivity index (χ2n) is 9.95. The number of ether oxygens (including phenoxy) is 2. The number of aromatic hydroxyl groups is 3. The molecule has 3 aliphatic rings. The molecule has 0 bridgehead atoms. The molecule has 2 aromatic rings. The van der Waals surface area contributed by atoms with Gasteiger partial charge in [0.2, 0.25) is 5.78 Å². The van der Waals surface area contributed by atoms with Crippen molar-refractivity contribution in [1.82, 2.24) is 0 Å². The third kappa shape index (κ3) is 3.73. The van der Waals surface area contributed by atoms with E-state index in [9.17, 15) is 39.9 Å². The van der Waals surface area contributed by atoms with Crippen molar-refractivity contribution < 1.29 is 49.4 Å². The van der Waals surface area contributed by atoms with Crippen molar-refractivity contribution >= 4 is 17.3 Å². The lowest BCUT2D eigenvalue weighted by molar-refractivity contribution is -0.247. The van der Waals surface area contributed by atoms with Crippen molar-refractivity contribution in [2.24, 2.45) is 5.73 Å². The Kier molecular flexibility index (Phi) is 5.89. The zero-order valence-electron chi connectivity index (χ0n) is 20.1. The Morgan fingerprint density at radius 2 is 1.78 bits per heavy atom. The minimum atomic E-state index is -2.02. The Hall–Kier alpha value is -3.35. The van der Waals surface area contributed by atoms with Crippen LogP contribution in [0.1, 0.15) is 75.8 Å². The highest BCUT2D eigenvalue weighted by molar-refractivity contribution is 6.31. The fourth-order valence-corrected chi connectivity index (χ4v) is 5.50. The molecule has 0 amide bonds. The van der Waals surface area contributed by atoms with Crippen LogP contribution in [0.4, 0.5) is 0 Å². The predicted octanol–water partition coefficient (Wildman–Crippen LogP) is 0.726. The number of rotatable bonds is 3. The lowest BCUT2D eigenvalue weighted by atomic mass is 9.72. The molecule has 1 fully saturated rings. The molecule has 0 unspecified atom stereocenters. The Balaban J connectivity index is 1.68. The summed E-state index contributed by atoms with van der Waals surface area (Å²) in [5, 5.41) is 54.1. The number of Topliss-reactive ketones (excluding diaryl/α,β-unsaturated/α-hetero) is 1. The maximum absolute atomic E-state index is 13.4. The van der Waals surface area contributed by atoms with Gasteiger partial charge in [-0.3, -0.25) is 14.4 Å². The first-order valence-electron chi connectivity index (χ1n) is 11.9. The zero-order chi connectivity index (χ0) is 27.0. The van der Waals surface area contributed by atoms with E-state index in [0.717, 1.165) is 6.92 Å². The van der Waals surface area contributed by atoms with Gasteiger partial charge in [-0.1, -0.05) is 12.1 Å². The van der Waals surface area contributed by atoms with Crippen LogP contribution in [0.25, 0.3) is 0 Å². The van der Waals surface area contributed by atoms with Gasteiger partial charge in [-0.2, -0.15) is 0 Å². The van der Waals surface area contributed by atoms with E-state index in [2.05, 4.69) is 0 Å². The Morgan fingerprint density at radius 3 is 2.43 bits per heavy atom. The number of benzene rings is 2.